The third-order valence-corrected chi connectivity index (χ3v) is 5.29. The monoisotopic (exact) mass is 411 g/mol. The average molecular weight is 411 g/mol. The van der Waals surface area contributed by atoms with Crippen LogP contribution in [0.15, 0.2) is 24.3 Å². The lowest BCUT2D eigenvalue weighted by atomic mass is 9.85. The van der Waals surface area contributed by atoms with E-state index in [0.717, 1.165) is 36.3 Å². The number of urea groups is 1. The lowest BCUT2D eigenvalue weighted by Gasteiger charge is -2.34. The summed E-state index contributed by atoms with van der Waals surface area (Å²) in [6, 6.07) is 3.03. The van der Waals surface area contributed by atoms with Crippen LogP contribution in [0, 0.1) is 5.92 Å². The van der Waals surface area contributed by atoms with Gasteiger partial charge in [-0.2, -0.15) is 13.2 Å². The zero-order valence-corrected chi connectivity index (χ0v) is 15.7. The zero-order chi connectivity index (χ0) is 21.3. The van der Waals surface area contributed by atoms with Gasteiger partial charge >= 0.3 is 24.0 Å². The van der Waals surface area contributed by atoms with Gasteiger partial charge in [0.2, 0.25) is 5.91 Å². The highest BCUT2D eigenvalue weighted by molar-refractivity contribution is 6.45. The van der Waals surface area contributed by atoms with Gasteiger partial charge in [-0.25, -0.2) is 9.69 Å². The molecular weight excluding hydrogens is 391 g/mol. The van der Waals surface area contributed by atoms with Crippen molar-refractivity contribution in [2.75, 3.05) is 11.9 Å². The van der Waals surface area contributed by atoms with Crippen LogP contribution < -0.4 is 5.32 Å². The summed E-state index contributed by atoms with van der Waals surface area (Å²) in [6.07, 6.45) is -1.52. The van der Waals surface area contributed by atoms with Crippen molar-refractivity contribution in [3.63, 3.8) is 0 Å². The predicted molar refractivity (Wildman–Crippen MR) is 95.4 cm³/mol. The van der Waals surface area contributed by atoms with E-state index in [1.165, 1.54) is 12.1 Å². The van der Waals surface area contributed by atoms with Crippen molar-refractivity contribution >= 4 is 29.4 Å². The molecule has 1 aromatic carbocycles. The molecule has 5 amide bonds. The number of anilines is 1. The Morgan fingerprint density at radius 3 is 2.41 bits per heavy atom. The predicted octanol–water partition coefficient (Wildman–Crippen LogP) is 3.01. The Kier molecular flexibility index (Phi) is 5.63. The van der Waals surface area contributed by atoms with E-state index in [1.807, 2.05) is 6.92 Å². The number of amides is 5. The molecule has 2 fully saturated rings. The van der Waals surface area contributed by atoms with Crippen LogP contribution in [0.25, 0.3) is 0 Å². The number of rotatable bonds is 4. The van der Waals surface area contributed by atoms with Crippen LogP contribution >= 0.6 is 0 Å². The van der Waals surface area contributed by atoms with Gasteiger partial charge < -0.3 is 5.32 Å². The second-order valence-electron chi connectivity index (χ2n) is 7.27. The highest BCUT2D eigenvalue weighted by Gasteiger charge is 2.49. The van der Waals surface area contributed by atoms with Gasteiger partial charge in [0.25, 0.3) is 0 Å². The van der Waals surface area contributed by atoms with Crippen LogP contribution in [-0.4, -0.2) is 46.1 Å². The van der Waals surface area contributed by atoms with E-state index in [-0.39, 0.29) is 5.92 Å². The number of benzene rings is 1. The molecule has 7 nitrogen and oxygen atoms in total. The number of carbonyl (C=O) groups is 4. The Balaban J connectivity index is 1.74. The summed E-state index contributed by atoms with van der Waals surface area (Å²) in [7, 11) is 0. The quantitative estimate of drug-likeness (QED) is 0.610. The number of nitrogens with one attached hydrogen (secondary N) is 1. The van der Waals surface area contributed by atoms with E-state index in [0.29, 0.717) is 11.3 Å². The number of nitrogens with zero attached hydrogens (tertiary/aromatic N) is 2. The Labute approximate surface area is 164 Å². The van der Waals surface area contributed by atoms with E-state index in [2.05, 4.69) is 5.32 Å². The molecule has 0 aromatic heterocycles. The van der Waals surface area contributed by atoms with Crippen LogP contribution in [0.5, 0.6) is 0 Å². The first-order chi connectivity index (χ1) is 13.6. The van der Waals surface area contributed by atoms with E-state index >= 15 is 0 Å². The molecule has 29 heavy (non-hydrogen) atoms. The molecule has 1 N–H and O–H groups in total. The number of halogens is 3. The maximum atomic E-state index is 13.1. The van der Waals surface area contributed by atoms with Crippen molar-refractivity contribution in [1.82, 2.24) is 9.80 Å². The molecule has 10 heteroatoms. The summed E-state index contributed by atoms with van der Waals surface area (Å²) < 4.78 is 39.2. The fourth-order valence-electron chi connectivity index (χ4n) is 3.81. The minimum Gasteiger partial charge on any atom is -0.324 e. The zero-order valence-electron chi connectivity index (χ0n) is 15.7. The van der Waals surface area contributed by atoms with Crippen LogP contribution in [0.1, 0.15) is 38.2 Å². The second-order valence-corrected chi connectivity index (χ2v) is 7.27. The summed E-state index contributed by atoms with van der Waals surface area (Å²) in [6.45, 7) is 1.05. The van der Waals surface area contributed by atoms with Crippen molar-refractivity contribution in [2.24, 2.45) is 5.92 Å². The van der Waals surface area contributed by atoms with Crippen LogP contribution in [-0.2, 0) is 20.6 Å². The number of carbonyl (C=O) groups excluding carboxylic acids is 4. The van der Waals surface area contributed by atoms with Crippen LogP contribution in [0.3, 0.4) is 0 Å². The number of hydrogen-bond donors (Lipinski definition) is 1. The number of alkyl halides is 3. The Hall–Kier alpha value is -2.91. The average Bonchev–Trinajstić information content (AvgIpc) is 2.85. The van der Waals surface area contributed by atoms with Crippen molar-refractivity contribution in [1.29, 1.82) is 0 Å². The van der Waals surface area contributed by atoms with Gasteiger partial charge in [-0.15, -0.1) is 0 Å². The minimum absolute atomic E-state index is 0.0249. The summed E-state index contributed by atoms with van der Waals surface area (Å²) in [5.41, 5.74) is -1.55. The molecular formula is C19H20F3N3O4. The fourth-order valence-corrected chi connectivity index (χ4v) is 3.81. The molecule has 2 aliphatic rings. The molecule has 1 aliphatic heterocycles. The molecule has 1 aromatic rings. The van der Waals surface area contributed by atoms with Crippen LogP contribution in [0.4, 0.5) is 23.7 Å². The first kappa shape index (κ1) is 20.8. The number of hydrogen-bond acceptors (Lipinski definition) is 4. The summed E-state index contributed by atoms with van der Waals surface area (Å²) >= 11 is 0. The summed E-state index contributed by atoms with van der Waals surface area (Å²) in [5.74, 6) is -3.13. The Morgan fingerprint density at radius 1 is 1.10 bits per heavy atom. The van der Waals surface area contributed by atoms with Gasteiger partial charge in [0.1, 0.15) is 6.54 Å². The molecule has 1 saturated heterocycles. The number of para-hydroxylation sites is 1. The molecule has 1 aliphatic carbocycles. The molecule has 2 atom stereocenters. The van der Waals surface area contributed by atoms with E-state index in [4.69, 9.17) is 0 Å². The highest BCUT2D eigenvalue weighted by atomic mass is 19.4. The Bertz CT molecular complexity index is 855. The van der Waals surface area contributed by atoms with Gasteiger partial charge in [0.15, 0.2) is 0 Å². The minimum atomic E-state index is -4.69. The van der Waals surface area contributed by atoms with E-state index in [9.17, 15) is 32.3 Å². The fraction of sp³-hybridized carbons (Fsp3) is 0.474. The SMILES string of the molecule is C[C@@H]1CCCC[C@@H]1N1C(=O)C(=O)N(CC(=O)Nc2ccccc2C(F)(F)F)C1=O. The molecule has 1 saturated carbocycles. The Morgan fingerprint density at radius 2 is 1.76 bits per heavy atom. The van der Waals surface area contributed by atoms with Gasteiger partial charge in [-0.1, -0.05) is 31.9 Å². The van der Waals surface area contributed by atoms with Gasteiger partial charge in [0, 0.05) is 6.04 Å². The first-order valence-corrected chi connectivity index (χ1v) is 9.26. The molecule has 1 heterocycles. The highest BCUT2D eigenvalue weighted by Crippen LogP contribution is 2.35. The maximum absolute atomic E-state index is 13.1. The summed E-state index contributed by atoms with van der Waals surface area (Å²) in [5, 5.41) is 2.07. The topological polar surface area (TPSA) is 86.8 Å². The molecule has 156 valence electrons. The van der Waals surface area contributed by atoms with Gasteiger partial charge in [-0.05, 0) is 30.9 Å². The molecule has 0 bridgehead atoms. The summed E-state index contributed by atoms with van der Waals surface area (Å²) in [4.78, 5) is 50.8. The first-order valence-electron chi connectivity index (χ1n) is 9.26. The molecule has 3 rings (SSSR count). The van der Waals surface area contributed by atoms with Crippen molar-refractivity contribution in [3.8, 4) is 0 Å². The lowest BCUT2D eigenvalue weighted by molar-refractivity contribution is -0.145. The second kappa shape index (κ2) is 7.84. The van der Waals surface area contributed by atoms with E-state index in [1.54, 1.807) is 0 Å². The van der Waals surface area contributed by atoms with Crippen molar-refractivity contribution in [3.05, 3.63) is 29.8 Å². The lowest BCUT2D eigenvalue weighted by Crippen LogP contribution is -2.46. The third kappa shape index (κ3) is 4.10. The maximum Gasteiger partial charge on any atom is 0.418 e. The van der Waals surface area contributed by atoms with Gasteiger partial charge in [-0.3, -0.25) is 19.3 Å². The number of imide groups is 2. The molecule has 0 unspecified atom stereocenters. The normalized spacial score (nSPS) is 23.0. The van der Waals surface area contributed by atoms with E-state index < -0.39 is 53.8 Å². The smallest absolute Gasteiger partial charge is 0.324 e. The van der Waals surface area contributed by atoms with Crippen molar-refractivity contribution in [2.45, 2.75) is 44.8 Å². The largest absolute Gasteiger partial charge is 0.418 e. The molecule has 0 radical (unpaired) electrons. The van der Waals surface area contributed by atoms with Gasteiger partial charge in [0.05, 0.1) is 11.3 Å². The van der Waals surface area contributed by atoms with Crippen LogP contribution in [0.2, 0.25) is 0 Å². The molecule has 0 spiro atoms. The van der Waals surface area contributed by atoms with Crippen molar-refractivity contribution < 1.29 is 32.3 Å². The standard InChI is InChI=1S/C19H20F3N3O4/c1-11-6-2-5-9-14(11)25-17(28)16(27)24(18(25)29)10-15(26)23-13-8-4-3-7-12(13)19(20,21)22/h3-4,7-8,11,14H,2,5-6,9-10H2,1H3,(H,23,26)/t11-,14+/m1/s1. The third-order valence-electron chi connectivity index (χ3n) is 5.29.